The van der Waals surface area contributed by atoms with Crippen LogP contribution in [0.1, 0.15) is 49.8 Å². The second-order valence-electron chi connectivity index (χ2n) is 7.20. The Morgan fingerprint density at radius 2 is 1.85 bits per heavy atom. The quantitative estimate of drug-likeness (QED) is 0.859. The number of rotatable bonds is 4. The first kappa shape index (κ1) is 15.6. The van der Waals surface area contributed by atoms with Gasteiger partial charge in [0.05, 0.1) is 0 Å². The molecule has 112 valence electrons. The van der Waals surface area contributed by atoms with Gasteiger partial charge in [0.15, 0.2) is 0 Å². The van der Waals surface area contributed by atoms with Crippen LogP contribution in [0.15, 0.2) is 18.2 Å². The van der Waals surface area contributed by atoms with Gasteiger partial charge in [-0.1, -0.05) is 32.0 Å². The highest BCUT2D eigenvalue weighted by molar-refractivity contribution is 5.30. The van der Waals surface area contributed by atoms with Crippen molar-refractivity contribution in [3.63, 3.8) is 0 Å². The third kappa shape index (κ3) is 3.63. The van der Waals surface area contributed by atoms with Crippen LogP contribution in [0.4, 0.5) is 0 Å². The summed E-state index contributed by atoms with van der Waals surface area (Å²) in [5.74, 6) is 3.22. The van der Waals surface area contributed by atoms with Gasteiger partial charge in [0.25, 0.3) is 0 Å². The van der Waals surface area contributed by atoms with Gasteiger partial charge in [-0.2, -0.15) is 0 Å². The second-order valence-corrected chi connectivity index (χ2v) is 7.20. The maximum Gasteiger partial charge on any atom is -0.00461 e. The number of hydrogen-bond acceptors (Lipinski definition) is 1. The molecule has 0 bridgehead atoms. The SMILES string of the molecule is Cc1ccc(CC2CC(C(C)C)CCC2CN)cc1C. The van der Waals surface area contributed by atoms with Crippen molar-refractivity contribution in [2.75, 3.05) is 6.54 Å². The summed E-state index contributed by atoms with van der Waals surface area (Å²) in [6.07, 6.45) is 5.29. The minimum atomic E-state index is 0.728. The van der Waals surface area contributed by atoms with Crippen LogP contribution in [-0.2, 0) is 6.42 Å². The van der Waals surface area contributed by atoms with E-state index in [1.54, 1.807) is 0 Å². The Morgan fingerprint density at radius 3 is 2.45 bits per heavy atom. The molecule has 3 unspecified atom stereocenters. The molecule has 0 aromatic heterocycles. The average Bonchev–Trinajstić information content (AvgIpc) is 2.42. The van der Waals surface area contributed by atoms with E-state index in [4.69, 9.17) is 5.73 Å². The smallest absolute Gasteiger partial charge is 0.00461 e. The molecule has 1 aromatic carbocycles. The van der Waals surface area contributed by atoms with Gasteiger partial charge in [-0.05, 0) is 86.4 Å². The maximum atomic E-state index is 6.02. The van der Waals surface area contributed by atoms with Crippen molar-refractivity contribution in [2.45, 2.75) is 53.4 Å². The van der Waals surface area contributed by atoms with Crippen molar-refractivity contribution in [2.24, 2.45) is 29.4 Å². The fourth-order valence-corrected chi connectivity index (χ4v) is 3.76. The first-order valence-corrected chi connectivity index (χ1v) is 8.27. The molecule has 0 amide bonds. The fourth-order valence-electron chi connectivity index (χ4n) is 3.76. The van der Waals surface area contributed by atoms with Crippen molar-refractivity contribution in [1.29, 1.82) is 0 Å². The van der Waals surface area contributed by atoms with Crippen molar-refractivity contribution >= 4 is 0 Å². The zero-order valence-electron chi connectivity index (χ0n) is 13.7. The molecule has 0 spiro atoms. The summed E-state index contributed by atoms with van der Waals surface area (Å²) >= 11 is 0. The minimum absolute atomic E-state index is 0.728. The lowest BCUT2D eigenvalue weighted by atomic mass is 9.69. The lowest BCUT2D eigenvalue weighted by Gasteiger charge is -2.37. The summed E-state index contributed by atoms with van der Waals surface area (Å²) in [5.41, 5.74) is 10.3. The van der Waals surface area contributed by atoms with E-state index in [0.29, 0.717) is 0 Å². The molecule has 0 heterocycles. The van der Waals surface area contributed by atoms with Gasteiger partial charge in [-0.3, -0.25) is 0 Å². The standard InChI is InChI=1S/C19H31N/c1-13(2)17-7-8-18(12-20)19(11-17)10-16-6-5-14(3)15(4)9-16/h5-6,9,13,17-19H,7-8,10-12,20H2,1-4H3. The summed E-state index contributed by atoms with van der Waals surface area (Å²) < 4.78 is 0. The summed E-state index contributed by atoms with van der Waals surface area (Å²) in [7, 11) is 0. The molecule has 2 rings (SSSR count). The topological polar surface area (TPSA) is 26.0 Å². The zero-order chi connectivity index (χ0) is 14.7. The van der Waals surface area contributed by atoms with Crippen LogP contribution in [0.3, 0.4) is 0 Å². The number of hydrogen-bond donors (Lipinski definition) is 1. The van der Waals surface area contributed by atoms with Crippen molar-refractivity contribution in [3.8, 4) is 0 Å². The van der Waals surface area contributed by atoms with E-state index in [-0.39, 0.29) is 0 Å². The monoisotopic (exact) mass is 273 g/mol. The van der Waals surface area contributed by atoms with E-state index < -0.39 is 0 Å². The van der Waals surface area contributed by atoms with Crippen LogP contribution in [0.5, 0.6) is 0 Å². The lowest BCUT2D eigenvalue weighted by molar-refractivity contribution is 0.151. The van der Waals surface area contributed by atoms with E-state index in [1.807, 2.05) is 0 Å². The van der Waals surface area contributed by atoms with E-state index in [1.165, 1.54) is 42.4 Å². The summed E-state index contributed by atoms with van der Waals surface area (Å²) in [6, 6.07) is 6.96. The Bertz CT molecular complexity index is 435. The summed E-state index contributed by atoms with van der Waals surface area (Å²) in [4.78, 5) is 0. The van der Waals surface area contributed by atoms with Gasteiger partial charge >= 0.3 is 0 Å². The molecule has 0 saturated heterocycles. The Hall–Kier alpha value is -0.820. The van der Waals surface area contributed by atoms with E-state index in [9.17, 15) is 0 Å². The lowest BCUT2D eigenvalue weighted by Crippen LogP contribution is -2.33. The molecule has 0 aliphatic heterocycles. The molecule has 1 heteroatoms. The summed E-state index contributed by atoms with van der Waals surface area (Å²) in [6.45, 7) is 10.0. The van der Waals surface area contributed by atoms with Gasteiger partial charge < -0.3 is 5.73 Å². The van der Waals surface area contributed by atoms with Gasteiger partial charge in [-0.15, -0.1) is 0 Å². The number of benzene rings is 1. The normalized spacial score (nSPS) is 27.0. The van der Waals surface area contributed by atoms with Crippen LogP contribution >= 0.6 is 0 Å². The van der Waals surface area contributed by atoms with Crippen molar-refractivity contribution in [3.05, 3.63) is 34.9 Å². The van der Waals surface area contributed by atoms with Crippen molar-refractivity contribution in [1.82, 2.24) is 0 Å². The highest BCUT2D eigenvalue weighted by Gasteiger charge is 2.30. The Balaban J connectivity index is 2.09. The number of aryl methyl sites for hydroxylation is 2. The fraction of sp³-hybridized carbons (Fsp3) is 0.684. The van der Waals surface area contributed by atoms with Crippen LogP contribution in [0, 0.1) is 37.5 Å². The van der Waals surface area contributed by atoms with E-state index in [2.05, 4.69) is 45.9 Å². The maximum absolute atomic E-state index is 6.02. The predicted molar refractivity (Wildman–Crippen MR) is 87.8 cm³/mol. The van der Waals surface area contributed by atoms with Crippen molar-refractivity contribution < 1.29 is 0 Å². The molecule has 1 nitrogen and oxygen atoms in total. The highest BCUT2D eigenvalue weighted by atomic mass is 14.6. The molecule has 20 heavy (non-hydrogen) atoms. The Labute approximate surface area is 125 Å². The van der Waals surface area contributed by atoms with Gasteiger partial charge in [-0.25, -0.2) is 0 Å². The predicted octanol–water partition coefficient (Wildman–Crippen LogP) is 4.49. The third-order valence-corrected chi connectivity index (χ3v) is 5.50. The molecule has 2 N–H and O–H groups in total. The first-order valence-electron chi connectivity index (χ1n) is 8.27. The number of nitrogens with two attached hydrogens (primary N) is 1. The zero-order valence-corrected chi connectivity index (χ0v) is 13.7. The molecule has 1 aliphatic rings. The van der Waals surface area contributed by atoms with Gasteiger partial charge in [0.1, 0.15) is 0 Å². The molecule has 1 saturated carbocycles. The molecule has 3 atom stereocenters. The minimum Gasteiger partial charge on any atom is -0.330 e. The van der Waals surface area contributed by atoms with Crippen LogP contribution in [0.25, 0.3) is 0 Å². The third-order valence-electron chi connectivity index (χ3n) is 5.50. The molecular weight excluding hydrogens is 242 g/mol. The summed E-state index contributed by atoms with van der Waals surface area (Å²) in [5, 5.41) is 0. The largest absolute Gasteiger partial charge is 0.330 e. The van der Waals surface area contributed by atoms with Crippen LogP contribution in [0.2, 0.25) is 0 Å². The molecule has 1 aliphatic carbocycles. The van der Waals surface area contributed by atoms with E-state index in [0.717, 1.165) is 30.2 Å². The van der Waals surface area contributed by atoms with Crippen LogP contribution < -0.4 is 5.73 Å². The molecule has 1 aromatic rings. The van der Waals surface area contributed by atoms with Crippen LogP contribution in [-0.4, -0.2) is 6.54 Å². The highest BCUT2D eigenvalue weighted by Crippen LogP contribution is 2.38. The van der Waals surface area contributed by atoms with Gasteiger partial charge in [0, 0.05) is 0 Å². The van der Waals surface area contributed by atoms with E-state index >= 15 is 0 Å². The Kier molecular flexibility index (Phi) is 5.26. The molecule has 1 fully saturated rings. The average molecular weight is 273 g/mol. The second kappa shape index (κ2) is 6.76. The first-order chi connectivity index (χ1) is 9.51. The van der Waals surface area contributed by atoms with Gasteiger partial charge in [0.2, 0.25) is 0 Å². The Morgan fingerprint density at radius 1 is 1.10 bits per heavy atom. The molecular formula is C19H31N. The molecule has 0 radical (unpaired) electrons.